The van der Waals surface area contributed by atoms with Crippen molar-refractivity contribution in [2.24, 2.45) is 0 Å². The van der Waals surface area contributed by atoms with Crippen LogP contribution in [0.3, 0.4) is 0 Å². The van der Waals surface area contributed by atoms with Gasteiger partial charge in [0, 0.05) is 12.4 Å². The lowest BCUT2D eigenvalue weighted by atomic mass is 10.0. The molecule has 1 N–H and O–H groups in total. The minimum Gasteiger partial charge on any atom is -0.261 e. The highest BCUT2D eigenvalue weighted by molar-refractivity contribution is 7.92. The summed E-state index contributed by atoms with van der Waals surface area (Å²) in [7, 11) is -3.78. The first-order valence-electron chi connectivity index (χ1n) is 6.30. The van der Waals surface area contributed by atoms with E-state index in [1.807, 2.05) is 19.9 Å². The molecule has 0 aliphatic carbocycles. The molecule has 1 aromatic heterocycles. The predicted molar refractivity (Wildman–Crippen MR) is 83.2 cm³/mol. The molecule has 0 bridgehead atoms. The topological polar surface area (TPSA) is 72.0 Å². The van der Waals surface area contributed by atoms with E-state index < -0.39 is 10.0 Å². The summed E-state index contributed by atoms with van der Waals surface area (Å²) in [6, 6.07) is 1.97. The van der Waals surface area contributed by atoms with Crippen LogP contribution in [0.2, 0.25) is 5.15 Å². The first kappa shape index (κ1) is 15.7. The zero-order valence-corrected chi connectivity index (χ0v) is 13.8. The fraction of sp³-hybridized carbons (Fsp3) is 0.286. The van der Waals surface area contributed by atoms with Gasteiger partial charge < -0.3 is 0 Å². The third-order valence-corrected chi connectivity index (χ3v) is 5.34. The fourth-order valence-electron chi connectivity index (χ4n) is 2.15. The van der Waals surface area contributed by atoms with Gasteiger partial charge in [-0.1, -0.05) is 17.7 Å². The molecular formula is C14H16ClN3O2S. The molecule has 0 saturated carbocycles. The number of anilines is 1. The maximum atomic E-state index is 12.7. The molecule has 0 atom stereocenters. The normalized spacial score (nSPS) is 11.5. The van der Waals surface area contributed by atoms with Crippen molar-refractivity contribution in [2.45, 2.75) is 32.6 Å². The van der Waals surface area contributed by atoms with Crippen molar-refractivity contribution in [3.05, 3.63) is 45.9 Å². The van der Waals surface area contributed by atoms with Gasteiger partial charge in [-0.15, -0.1) is 0 Å². The van der Waals surface area contributed by atoms with Gasteiger partial charge in [-0.2, -0.15) is 0 Å². The van der Waals surface area contributed by atoms with E-state index in [4.69, 9.17) is 11.6 Å². The number of nitrogens with zero attached hydrogens (tertiary/aromatic N) is 2. The molecule has 5 nitrogen and oxygen atoms in total. The molecule has 2 rings (SSSR count). The molecule has 0 aliphatic heterocycles. The van der Waals surface area contributed by atoms with E-state index in [1.165, 1.54) is 12.4 Å². The molecule has 0 spiro atoms. The van der Waals surface area contributed by atoms with Crippen molar-refractivity contribution in [1.82, 2.24) is 9.97 Å². The van der Waals surface area contributed by atoms with Crippen molar-refractivity contribution in [1.29, 1.82) is 0 Å². The van der Waals surface area contributed by atoms with E-state index in [-0.39, 0.29) is 15.9 Å². The second-order valence-corrected chi connectivity index (χ2v) is 6.87. The zero-order chi connectivity index (χ0) is 15.8. The van der Waals surface area contributed by atoms with Crippen molar-refractivity contribution in [3.8, 4) is 0 Å². The van der Waals surface area contributed by atoms with Gasteiger partial charge in [0.2, 0.25) is 0 Å². The van der Waals surface area contributed by atoms with Crippen LogP contribution >= 0.6 is 11.6 Å². The first-order valence-corrected chi connectivity index (χ1v) is 8.17. The van der Waals surface area contributed by atoms with Crippen LogP contribution in [-0.4, -0.2) is 18.4 Å². The predicted octanol–water partition coefficient (Wildman–Crippen LogP) is 3.16. The maximum absolute atomic E-state index is 12.7. The molecule has 1 aromatic carbocycles. The quantitative estimate of drug-likeness (QED) is 0.940. The molecule has 0 unspecified atom stereocenters. The highest BCUT2D eigenvalue weighted by atomic mass is 35.5. The van der Waals surface area contributed by atoms with Crippen molar-refractivity contribution in [2.75, 3.05) is 4.72 Å². The van der Waals surface area contributed by atoms with Gasteiger partial charge in [0.05, 0.1) is 4.90 Å². The van der Waals surface area contributed by atoms with Crippen LogP contribution in [-0.2, 0) is 10.0 Å². The van der Waals surface area contributed by atoms with Gasteiger partial charge in [0.1, 0.15) is 0 Å². The van der Waals surface area contributed by atoms with E-state index in [0.717, 1.165) is 11.1 Å². The van der Waals surface area contributed by atoms with E-state index in [9.17, 15) is 8.42 Å². The van der Waals surface area contributed by atoms with E-state index in [1.54, 1.807) is 13.8 Å². The lowest BCUT2D eigenvalue weighted by molar-refractivity contribution is 0.599. The molecular weight excluding hydrogens is 310 g/mol. The number of nitrogens with one attached hydrogen (secondary N) is 1. The Balaban J connectivity index is 2.58. The van der Waals surface area contributed by atoms with Gasteiger partial charge in [0.25, 0.3) is 10.0 Å². The Labute approximate surface area is 129 Å². The highest BCUT2D eigenvalue weighted by Crippen LogP contribution is 2.28. The Bertz CT molecular complexity index is 778. The number of rotatable bonds is 3. The molecule has 0 saturated heterocycles. The average molecular weight is 326 g/mol. The smallest absolute Gasteiger partial charge is 0.261 e. The molecule has 7 heteroatoms. The lowest BCUT2D eigenvalue weighted by Crippen LogP contribution is -2.18. The highest BCUT2D eigenvalue weighted by Gasteiger charge is 2.23. The monoisotopic (exact) mass is 325 g/mol. The summed E-state index contributed by atoms with van der Waals surface area (Å²) in [5.41, 5.74) is 3.27. The Morgan fingerprint density at radius 2 is 1.52 bits per heavy atom. The Morgan fingerprint density at radius 3 is 2.05 bits per heavy atom. The summed E-state index contributed by atoms with van der Waals surface area (Å²) in [5, 5.41) is 0.0146. The summed E-state index contributed by atoms with van der Waals surface area (Å²) < 4.78 is 27.7. The van der Waals surface area contributed by atoms with Gasteiger partial charge in [-0.3, -0.25) is 4.72 Å². The third-order valence-electron chi connectivity index (χ3n) is 3.45. The Morgan fingerprint density at radius 1 is 1.00 bits per heavy atom. The molecule has 0 amide bonds. The number of hydrogen-bond acceptors (Lipinski definition) is 4. The van der Waals surface area contributed by atoms with Crippen molar-refractivity contribution < 1.29 is 8.42 Å². The van der Waals surface area contributed by atoms with Crippen molar-refractivity contribution in [3.63, 3.8) is 0 Å². The molecule has 0 aliphatic rings. The second-order valence-electron chi connectivity index (χ2n) is 4.89. The molecule has 2 aromatic rings. The third kappa shape index (κ3) is 3.01. The Kier molecular flexibility index (Phi) is 4.20. The summed E-state index contributed by atoms with van der Waals surface area (Å²) >= 11 is 5.86. The summed E-state index contributed by atoms with van der Waals surface area (Å²) in [6.07, 6.45) is 2.78. The van der Waals surface area contributed by atoms with Crippen LogP contribution in [0.1, 0.15) is 22.3 Å². The van der Waals surface area contributed by atoms with Crippen LogP contribution in [0, 0.1) is 27.7 Å². The second kappa shape index (κ2) is 5.61. The number of halogens is 1. The van der Waals surface area contributed by atoms with Crippen LogP contribution < -0.4 is 4.72 Å². The SMILES string of the molecule is Cc1cc(C)c(C)c(S(=O)(=O)Nc2nccnc2Cl)c1C. The van der Waals surface area contributed by atoms with Crippen LogP contribution in [0.25, 0.3) is 0 Å². The number of hydrogen-bond donors (Lipinski definition) is 1. The zero-order valence-electron chi connectivity index (χ0n) is 12.2. The van der Waals surface area contributed by atoms with E-state index >= 15 is 0 Å². The average Bonchev–Trinajstić information content (AvgIpc) is 2.39. The first-order chi connectivity index (χ1) is 9.74. The molecule has 112 valence electrons. The molecule has 21 heavy (non-hydrogen) atoms. The van der Waals surface area contributed by atoms with Crippen molar-refractivity contribution >= 4 is 27.4 Å². The van der Waals surface area contributed by atoms with E-state index in [0.29, 0.717) is 11.1 Å². The summed E-state index contributed by atoms with van der Waals surface area (Å²) in [5.74, 6) is 0.0251. The number of sulfonamides is 1. The van der Waals surface area contributed by atoms with Gasteiger partial charge in [0.15, 0.2) is 11.0 Å². The minimum atomic E-state index is -3.78. The van der Waals surface area contributed by atoms with Crippen LogP contribution in [0.4, 0.5) is 5.82 Å². The standard InChI is InChI=1S/C14H16ClN3O2S/c1-8-7-9(2)11(4)12(10(8)3)21(19,20)18-14-13(15)16-5-6-17-14/h5-7H,1-4H3,(H,17,18). The van der Waals surface area contributed by atoms with Gasteiger partial charge >= 0.3 is 0 Å². The number of aromatic nitrogens is 2. The lowest BCUT2D eigenvalue weighted by Gasteiger charge is -2.16. The minimum absolute atomic E-state index is 0.0146. The Hall–Kier alpha value is -1.66. The van der Waals surface area contributed by atoms with Crippen LogP contribution in [0.15, 0.2) is 23.4 Å². The summed E-state index contributed by atoms with van der Waals surface area (Å²) in [4.78, 5) is 7.99. The van der Waals surface area contributed by atoms with Crippen LogP contribution in [0.5, 0.6) is 0 Å². The fourth-order valence-corrected chi connectivity index (χ4v) is 3.99. The van der Waals surface area contributed by atoms with Gasteiger partial charge in [-0.25, -0.2) is 18.4 Å². The molecule has 1 heterocycles. The molecule has 0 radical (unpaired) electrons. The number of benzene rings is 1. The maximum Gasteiger partial charge on any atom is 0.263 e. The molecule has 0 fully saturated rings. The number of aryl methyl sites for hydroxylation is 2. The van der Waals surface area contributed by atoms with E-state index in [2.05, 4.69) is 14.7 Å². The van der Waals surface area contributed by atoms with Gasteiger partial charge in [-0.05, 0) is 49.9 Å². The largest absolute Gasteiger partial charge is 0.263 e. The summed E-state index contributed by atoms with van der Waals surface area (Å²) in [6.45, 7) is 7.34.